The maximum Gasteiger partial charge on any atom is 0.265 e. The zero-order valence-corrected chi connectivity index (χ0v) is 17.6. The van der Waals surface area contributed by atoms with Crippen LogP contribution in [0.3, 0.4) is 0 Å². The molecule has 0 heterocycles. The summed E-state index contributed by atoms with van der Waals surface area (Å²) in [6.07, 6.45) is 1.47. The highest BCUT2D eigenvalue weighted by atomic mass is 32.2. The molecule has 9 heteroatoms. The summed E-state index contributed by atoms with van der Waals surface area (Å²) in [7, 11) is -2.12. The van der Waals surface area contributed by atoms with Gasteiger partial charge in [0.05, 0.1) is 18.2 Å². The topological polar surface area (TPSA) is 106 Å². The first-order chi connectivity index (χ1) is 13.6. The molecular weight excluding hydrogens is 394 g/mol. The number of nitrogens with zero attached hydrogens (tertiary/aromatic N) is 1. The fourth-order valence-corrected chi connectivity index (χ4v) is 3.75. The Bertz CT molecular complexity index is 964. The van der Waals surface area contributed by atoms with Gasteiger partial charge in [0.25, 0.3) is 5.91 Å². The Labute approximate surface area is 171 Å². The van der Waals surface area contributed by atoms with Crippen LogP contribution in [0.4, 0.5) is 5.69 Å². The van der Waals surface area contributed by atoms with E-state index in [1.54, 1.807) is 64.3 Å². The lowest BCUT2D eigenvalue weighted by molar-refractivity contribution is -0.120. The minimum absolute atomic E-state index is 0.0590. The maximum absolute atomic E-state index is 12.4. The number of anilines is 1. The molecule has 29 heavy (non-hydrogen) atoms. The third-order valence-corrected chi connectivity index (χ3v) is 5.21. The predicted molar refractivity (Wildman–Crippen MR) is 112 cm³/mol. The van der Waals surface area contributed by atoms with Crippen LogP contribution in [0.5, 0.6) is 5.75 Å². The highest BCUT2D eigenvalue weighted by molar-refractivity contribution is 7.89. The summed E-state index contributed by atoms with van der Waals surface area (Å²) in [6.45, 7) is 4.93. The Hall–Kier alpha value is -2.91. The second kappa shape index (κ2) is 9.53. The van der Waals surface area contributed by atoms with Gasteiger partial charge in [0, 0.05) is 11.2 Å². The van der Waals surface area contributed by atoms with Crippen molar-refractivity contribution in [3.63, 3.8) is 0 Å². The summed E-state index contributed by atoms with van der Waals surface area (Å²) in [5.41, 5.74) is 0.512. The van der Waals surface area contributed by atoms with Crippen LogP contribution in [0.25, 0.3) is 0 Å². The molecule has 0 bridgehead atoms. The Balaban J connectivity index is 1.91. The molecule has 0 aliphatic carbocycles. The van der Waals surface area contributed by atoms with E-state index >= 15 is 0 Å². The summed E-state index contributed by atoms with van der Waals surface area (Å²) < 4.78 is 32.4. The van der Waals surface area contributed by atoms with Crippen molar-refractivity contribution >= 4 is 27.8 Å². The van der Waals surface area contributed by atoms with E-state index in [9.17, 15) is 13.2 Å². The Kier molecular flexibility index (Phi) is 7.35. The van der Waals surface area contributed by atoms with Crippen LogP contribution in [-0.2, 0) is 19.7 Å². The third kappa shape index (κ3) is 7.55. The number of nitrogens with one attached hydrogen (secondary N) is 2. The molecule has 0 aliphatic rings. The number of carbonyl (C=O) groups excluding carboxylic acids is 1. The van der Waals surface area contributed by atoms with Gasteiger partial charge < -0.3 is 14.9 Å². The number of sulfonamides is 1. The summed E-state index contributed by atoms with van der Waals surface area (Å²) in [4.78, 5) is 17.1. The largest absolute Gasteiger partial charge is 0.497 e. The monoisotopic (exact) mass is 419 g/mol. The van der Waals surface area contributed by atoms with Gasteiger partial charge in [-0.25, -0.2) is 13.1 Å². The molecular formula is C20H25N3O5S. The van der Waals surface area contributed by atoms with Gasteiger partial charge in [-0.2, -0.15) is 0 Å². The number of amides is 1. The number of benzene rings is 2. The number of ether oxygens (including phenoxy) is 1. The van der Waals surface area contributed by atoms with Gasteiger partial charge >= 0.3 is 0 Å². The predicted octanol–water partition coefficient (Wildman–Crippen LogP) is 2.76. The van der Waals surface area contributed by atoms with E-state index in [2.05, 4.69) is 15.2 Å². The Morgan fingerprint density at radius 2 is 1.83 bits per heavy atom. The molecule has 0 radical (unpaired) electrons. The first-order valence-electron chi connectivity index (χ1n) is 8.82. The van der Waals surface area contributed by atoms with Crippen LogP contribution >= 0.6 is 0 Å². The lowest BCUT2D eigenvalue weighted by atomic mass is 10.1. The van der Waals surface area contributed by atoms with E-state index in [4.69, 9.17) is 9.57 Å². The second-order valence-corrected chi connectivity index (χ2v) is 8.90. The first-order valence-corrected chi connectivity index (χ1v) is 10.3. The number of hydrogen-bond donors (Lipinski definition) is 2. The normalized spacial score (nSPS) is 12.0. The standard InChI is InChI=1S/C20H25N3O5S/c1-20(2,3)23-29(25,26)18-7-5-6-16(12-18)22-19(24)14-28-21-13-15-8-10-17(27-4)11-9-15/h5-13,23H,14H2,1-4H3,(H,22,24)/b21-13-. The smallest absolute Gasteiger partial charge is 0.265 e. The lowest BCUT2D eigenvalue weighted by Crippen LogP contribution is -2.40. The molecule has 0 unspecified atom stereocenters. The van der Waals surface area contributed by atoms with Crippen LogP contribution in [0.1, 0.15) is 26.3 Å². The van der Waals surface area contributed by atoms with Crippen molar-refractivity contribution in [2.75, 3.05) is 19.0 Å². The van der Waals surface area contributed by atoms with Crippen molar-refractivity contribution in [2.24, 2.45) is 5.16 Å². The molecule has 2 N–H and O–H groups in total. The molecule has 0 fully saturated rings. The van der Waals surface area contributed by atoms with Gasteiger partial charge in [0.15, 0.2) is 6.61 Å². The number of hydrogen-bond acceptors (Lipinski definition) is 6. The molecule has 2 aromatic rings. The number of oxime groups is 1. The van der Waals surface area contributed by atoms with Crippen molar-refractivity contribution in [3.8, 4) is 5.75 Å². The Morgan fingerprint density at radius 1 is 1.14 bits per heavy atom. The van der Waals surface area contributed by atoms with Gasteiger partial charge in [0.2, 0.25) is 10.0 Å². The van der Waals surface area contributed by atoms with E-state index in [1.807, 2.05) is 0 Å². The highest BCUT2D eigenvalue weighted by Gasteiger charge is 2.22. The molecule has 0 aliphatic heterocycles. The molecule has 8 nitrogen and oxygen atoms in total. The van der Waals surface area contributed by atoms with Crippen LogP contribution in [0.2, 0.25) is 0 Å². The first kappa shape index (κ1) is 22.4. The van der Waals surface area contributed by atoms with Crippen LogP contribution in [0, 0.1) is 0 Å². The molecule has 1 amide bonds. The van der Waals surface area contributed by atoms with Gasteiger partial charge in [-0.1, -0.05) is 11.2 Å². The van der Waals surface area contributed by atoms with Gasteiger partial charge in [-0.3, -0.25) is 4.79 Å². The van der Waals surface area contributed by atoms with E-state index in [-0.39, 0.29) is 11.5 Å². The number of rotatable bonds is 8. The van der Waals surface area contributed by atoms with E-state index in [1.165, 1.54) is 18.3 Å². The summed E-state index contributed by atoms with van der Waals surface area (Å²) in [5.74, 6) is 0.264. The molecule has 0 atom stereocenters. The number of methoxy groups -OCH3 is 1. The lowest BCUT2D eigenvalue weighted by Gasteiger charge is -2.20. The minimum Gasteiger partial charge on any atom is -0.497 e. The molecule has 0 saturated heterocycles. The molecule has 2 rings (SSSR count). The summed E-state index contributed by atoms with van der Waals surface area (Å²) >= 11 is 0. The van der Waals surface area contributed by atoms with E-state index in [0.29, 0.717) is 5.69 Å². The summed E-state index contributed by atoms with van der Waals surface area (Å²) in [6, 6.07) is 13.1. The van der Waals surface area contributed by atoms with Crippen LogP contribution in [0.15, 0.2) is 58.6 Å². The zero-order chi connectivity index (χ0) is 21.5. The quantitative estimate of drug-likeness (QED) is 0.505. The van der Waals surface area contributed by atoms with Gasteiger partial charge in [-0.05, 0) is 68.8 Å². The highest BCUT2D eigenvalue weighted by Crippen LogP contribution is 2.17. The maximum atomic E-state index is 12.4. The fraction of sp³-hybridized carbons (Fsp3) is 0.300. The van der Waals surface area contributed by atoms with Crippen molar-refractivity contribution in [2.45, 2.75) is 31.2 Å². The van der Waals surface area contributed by atoms with Gasteiger partial charge in [-0.15, -0.1) is 0 Å². The molecule has 0 spiro atoms. The second-order valence-electron chi connectivity index (χ2n) is 7.21. The van der Waals surface area contributed by atoms with E-state index in [0.717, 1.165) is 11.3 Å². The van der Waals surface area contributed by atoms with Gasteiger partial charge in [0.1, 0.15) is 5.75 Å². The van der Waals surface area contributed by atoms with Crippen molar-refractivity contribution in [1.82, 2.24) is 4.72 Å². The van der Waals surface area contributed by atoms with E-state index < -0.39 is 21.5 Å². The molecule has 0 aromatic heterocycles. The Morgan fingerprint density at radius 3 is 2.45 bits per heavy atom. The zero-order valence-electron chi connectivity index (χ0n) is 16.8. The summed E-state index contributed by atoms with van der Waals surface area (Å²) in [5, 5.41) is 6.33. The molecule has 0 saturated carbocycles. The minimum atomic E-state index is -3.70. The SMILES string of the molecule is COc1ccc(/C=N\OCC(=O)Nc2cccc(S(=O)(=O)NC(C)(C)C)c2)cc1. The average Bonchev–Trinajstić information content (AvgIpc) is 2.64. The molecule has 156 valence electrons. The van der Waals surface area contributed by atoms with Crippen molar-refractivity contribution < 1.29 is 22.8 Å². The fourth-order valence-electron chi connectivity index (χ4n) is 2.28. The number of carbonyl (C=O) groups is 1. The molecule has 2 aromatic carbocycles. The van der Waals surface area contributed by atoms with Crippen molar-refractivity contribution in [3.05, 3.63) is 54.1 Å². The van der Waals surface area contributed by atoms with Crippen LogP contribution < -0.4 is 14.8 Å². The average molecular weight is 420 g/mol. The van der Waals surface area contributed by atoms with Crippen LogP contribution in [-0.4, -0.2) is 39.8 Å². The van der Waals surface area contributed by atoms with Crippen molar-refractivity contribution in [1.29, 1.82) is 0 Å². The third-order valence-electron chi connectivity index (χ3n) is 3.46.